The summed E-state index contributed by atoms with van der Waals surface area (Å²) >= 11 is 0. The van der Waals surface area contributed by atoms with Crippen LogP contribution in [0.3, 0.4) is 0 Å². The fourth-order valence-corrected chi connectivity index (χ4v) is 2.04. The number of rotatable bonds is 5. The Morgan fingerprint density at radius 3 is 2.75 bits per heavy atom. The van der Waals surface area contributed by atoms with Gasteiger partial charge in [-0.25, -0.2) is 9.97 Å². The third-order valence-corrected chi connectivity index (χ3v) is 3.14. The summed E-state index contributed by atoms with van der Waals surface area (Å²) in [5.41, 5.74) is 0.767. The molecule has 0 aliphatic carbocycles. The van der Waals surface area contributed by atoms with Gasteiger partial charge in [0.2, 0.25) is 0 Å². The Labute approximate surface area is 137 Å². The normalized spacial score (nSPS) is 10.2. The highest BCUT2D eigenvalue weighted by Gasteiger charge is 2.12. The Hall–Kier alpha value is -3.42. The number of para-hydroxylation sites is 2. The molecule has 1 aromatic carbocycles. The second kappa shape index (κ2) is 6.78. The molecule has 1 amide bonds. The van der Waals surface area contributed by atoms with Crippen LogP contribution in [0.1, 0.15) is 16.2 Å². The number of aryl methyl sites for hydroxylation is 1. The molecule has 2 N–H and O–H groups in total. The van der Waals surface area contributed by atoms with Gasteiger partial charge in [-0.1, -0.05) is 17.3 Å². The monoisotopic (exact) mass is 325 g/mol. The van der Waals surface area contributed by atoms with Crippen LogP contribution in [-0.2, 0) is 0 Å². The zero-order valence-corrected chi connectivity index (χ0v) is 13.1. The molecular formula is C16H15N5O3. The Kier molecular flexibility index (Phi) is 4.37. The average molecular weight is 325 g/mol. The molecule has 8 nitrogen and oxygen atoms in total. The summed E-state index contributed by atoms with van der Waals surface area (Å²) in [6.45, 7) is 1.78. The van der Waals surface area contributed by atoms with Crippen LogP contribution in [0.4, 0.5) is 17.3 Å². The van der Waals surface area contributed by atoms with Crippen molar-refractivity contribution < 1.29 is 14.1 Å². The number of nitrogens with zero attached hydrogens (tertiary/aromatic N) is 3. The van der Waals surface area contributed by atoms with E-state index in [0.29, 0.717) is 28.8 Å². The summed E-state index contributed by atoms with van der Waals surface area (Å²) < 4.78 is 10.2. The Balaban J connectivity index is 1.76. The van der Waals surface area contributed by atoms with E-state index in [2.05, 4.69) is 25.8 Å². The number of methoxy groups -OCH3 is 1. The first kappa shape index (κ1) is 15.5. The maximum Gasteiger partial charge on any atom is 0.274 e. The van der Waals surface area contributed by atoms with E-state index in [-0.39, 0.29) is 11.6 Å². The molecule has 0 radical (unpaired) electrons. The molecule has 0 aliphatic heterocycles. The maximum atomic E-state index is 12.4. The molecule has 0 spiro atoms. The number of hydrogen-bond acceptors (Lipinski definition) is 7. The molecule has 3 aromatic rings. The van der Waals surface area contributed by atoms with E-state index >= 15 is 0 Å². The van der Waals surface area contributed by atoms with Crippen molar-refractivity contribution in [1.82, 2.24) is 15.1 Å². The van der Waals surface area contributed by atoms with Crippen molar-refractivity contribution in [3.63, 3.8) is 0 Å². The van der Waals surface area contributed by atoms with Gasteiger partial charge in [0.15, 0.2) is 5.82 Å². The molecule has 0 saturated heterocycles. The fraction of sp³-hybridized carbons (Fsp3) is 0.125. The van der Waals surface area contributed by atoms with E-state index in [1.54, 1.807) is 31.2 Å². The number of amides is 1. The summed E-state index contributed by atoms with van der Waals surface area (Å²) in [6.07, 6.45) is 1.30. The molecule has 0 atom stereocenters. The number of aromatic nitrogens is 3. The summed E-state index contributed by atoms with van der Waals surface area (Å²) in [4.78, 5) is 20.4. The molecule has 2 aromatic heterocycles. The first-order chi connectivity index (χ1) is 11.7. The number of hydrogen-bond donors (Lipinski definition) is 2. The minimum atomic E-state index is -0.374. The fourth-order valence-electron chi connectivity index (χ4n) is 2.04. The van der Waals surface area contributed by atoms with Crippen LogP contribution in [0.2, 0.25) is 0 Å². The molecule has 0 aliphatic rings. The largest absolute Gasteiger partial charge is 0.495 e. The molecule has 122 valence electrons. The quantitative estimate of drug-likeness (QED) is 0.743. The Bertz CT molecular complexity index is 862. The Morgan fingerprint density at radius 2 is 2.00 bits per heavy atom. The number of nitrogens with one attached hydrogen (secondary N) is 2. The second-order valence-corrected chi connectivity index (χ2v) is 4.89. The van der Waals surface area contributed by atoms with Gasteiger partial charge in [0.1, 0.15) is 29.3 Å². The molecule has 8 heteroatoms. The van der Waals surface area contributed by atoms with E-state index in [1.165, 1.54) is 19.5 Å². The van der Waals surface area contributed by atoms with Gasteiger partial charge in [-0.15, -0.1) is 0 Å². The number of ether oxygens (including phenoxy) is 1. The van der Waals surface area contributed by atoms with Crippen LogP contribution >= 0.6 is 0 Å². The van der Waals surface area contributed by atoms with Crippen LogP contribution < -0.4 is 15.4 Å². The summed E-state index contributed by atoms with van der Waals surface area (Å²) in [5, 5.41) is 9.51. The third kappa shape index (κ3) is 3.49. The lowest BCUT2D eigenvalue weighted by molar-refractivity contribution is 0.102. The lowest BCUT2D eigenvalue weighted by Gasteiger charge is -2.09. The molecule has 24 heavy (non-hydrogen) atoms. The van der Waals surface area contributed by atoms with Gasteiger partial charge in [0, 0.05) is 12.1 Å². The number of benzene rings is 1. The SMILES string of the molecule is COc1ccccc1NC(=O)c1cc(Nc2cc(C)on2)ncn1. The number of carbonyl (C=O) groups is 1. The van der Waals surface area contributed by atoms with Gasteiger partial charge in [0.25, 0.3) is 5.91 Å². The zero-order chi connectivity index (χ0) is 16.9. The molecule has 0 bridgehead atoms. The highest BCUT2D eigenvalue weighted by Crippen LogP contribution is 2.23. The standard InChI is InChI=1S/C16H15N5O3/c1-10-7-15(21-24-10)20-14-8-12(17-9-18-14)16(22)19-11-5-3-4-6-13(11)23-2/h3-9H,1-2H3,(H,19,22)(H,17,18,20,21). The molecule has 2 heterocycles. The van der Waals surface area contributed by atoms with Gasteiger partial charge in [-0.05, 0) is 19.1 Å². The van der Waals surface area contributed by atoms with E-state index in [9.17, 15) is 4.79 Å². The van der Waals surface area contributed by atoms with Crippen molar-refractivity contribution in [3.05, 3.63) is 54.2 Å². The minimum Gasteiger partial charge on any atom is -0.495 e. The smallest absolute Gasteiger partial charge is 0.274 e. The highest BCUT2D eigenvalue weighted by molar-refractivity contribution is 6.04. The third-order valence-electron chi connectivity index (χ3n) is 3.14. The predicted octanol–water partition coefficient (Wildman–Crippen LogP) is 2.78. The van der Waals surface area contributed by atoms with Crippen LogP contribution in [-0.4, -0.2) is 28.1 Å². The maximum absolute atomic E-state index is 12.4. The van der Waals surface area contributed by atoms with Crippen molar-refractivity contribution in [2.24, 2.45) is 0 Å². The summed E-state index contributed by atoms with van der Waals surface area (Å²) in [5.74, 6) is 1.80. The first-order valence-electron chi connectivity index (χ1n) is 7.12. The Morgan fingerprint density at radius 1 is 1.17 bits per heavy atom. The van der Waals surface area contributed by atoms with Crippen LogP contribution in [0.5, 0.6) is 5.75 Å². The number of carbonyl (C=O) groups excluding carboxylic acids is 1. The van der Waals surface area contributed by atoms with E-state index in [0.717, 1.165) is 0 Å². The first-order valence-corrected chi connectivity index (χ1v) is 7.12. The van der Waals surface area contributed by atoms with Crippen LogP contribution in [0, 0.1) is 6.92 Å². The van der Waals surface area contributed by atoms with Crippen molar-refractivity contribution in [3.8, 4) is 5.75 Å². The lowest BCUT2D eigenvalue weighted by atomic mass is 10.2. The molecule has 0 fully saturated rings. The van der Waals surface area contributed by atoms with Gasteiger partial charge in [-0.3, -0.25) is 4.79 Å². The number of anilines is 3. The van der Waals surface area contributed by atoms with Gasteiger partial charge < -0.3 is 19.9 Å². The van der Waals surface area contributed by atoms with E-state index in [1.807, 2.05) is 6.07 Å². The minimum absolute atomic E-state index is 0.207. The van der Waals surface area contributed by atoms with Crippen molar-refractivity contribution in [2.45, 2.75) is 6.92 Å². The molecule has 0 unspecified atom stereocenters. The summed E-state index contributed by atoms with van der Waals surface area (Å²) in [6, 6.07) is 10.4. The second-order valence-electron chi connectivity index (χ2n) is 4.89. The topological polar surface area (TPSA) is 102 Å². The van der Waals surface area contributed by atoms with Gasteiger partial charge in [-0.2, -0.15) is 0 Å². The van der Waals surface area contributed by atoms with E-state index < -0.39 is 0 Å². The van der Waals surface area contributed by atoms with Crippen molar-refractivity contribution >= 4 is 23.2 Å². The zero-order valence-electron chi connectivity index (χ0n) is 13.1. The lowest BCUT2D eigenvalue weighted by Crippen LogP contribution is -2.15. The van der Waals surface area contributed by atoms with Crippen LogP contribution in [0.25, 0.3) is 0 Å². The molecular weight excluding hydrogens is 310 g/mol. The van der Waals surface area contributed by atoms with Gasteiger partial charge in [0.05, 0.1) is 12.8 Å². The van der Waals surface area contributed by atoms with E-state index in [4.69, 9.17) is 9.26 Å². The predicted molar refractivity (Wildman–Crippen MR) is 87.5 cm³/mol. The molecule has 3 rings (SSSR count). The van der Waals surface area contributed by atoms with Gasteiger partial charge >= 0.3 is 0 Å². The average Bonchev–Trinajstić information content (AvgIpc) is 3.00. The van der Waals surface area contributed by atoms with Crippen LogP contribution in [0.15, 0.2) is 47.2 Å². The summed E-state index contributed by atoms with van der Waals surface area (Å²) in [7, 11) is 1.54. The molecule has 0 saturated carbocycles. The van der Waals surface area contributed by atoms with Crippen molar-refractivity contribution in [1.29, 1.82) is 0 Å². The highest BCUT2D eigenvalue weighted by atomic mass is 16.5. The van der Waals surface area contributed by atoms with Crippen molar-refractivity contribution in [2.75, 3.05) is 17.7 Å².